The number of hydrogen-bond acceptors (Lipinski definition) is 3. The summed E-state index contributed by atoms with van der Waals surface area (Å²) in [5.41, 5.74) is 1.12. The first-order chi connectivity index (χ1) is 12.2. The van der Waals surface area contributed by atoms with Crippen LogP contribution in [0.4, 0.5) is 0 Å². The van der Waals surface area contributed by atoms with Gasteiger partial charge in [0.05, 0.1) is 5.39 Å². The molecule has 0 fully saturated rings. The van der Waals surface area contributed by atoms with Crippen molar-refractivity contribution in [3.63, 3.8) is 0 Å². The Morgan fingerprint density at radius 3 is 2.72 bits per heavy atom. The fourth-order valence-electron chi connectivity index (χ4n) is 3.07. The molecule has 1 aromatic heterocycles. The second-order valence-corrected chi connectivity index (χ2v) is 6.55. The number of allylic oxidation sites excluding steroid dienone is 1. The Labute approximate surface area is 150 Å². The maximum absolute atomic E-state index is 13.1. The van der Waals surface area contributed by atoms with Gasteiger partial charge in [0, 0.05) is 10.6 Å². The van der Waals surface area contributed by atoms with E-state index in [1.165, 1.54) is 0 Å². The summed E-state index contributed by atoms with van der Waals surface area (Å²) in [4.78, 5) is 13.1. The van der Waals surface area contributed by atoms with Crippen LogP contribution in [0.2, 0.25) is 5.02 Å². The van der Waals surface area contributed by atoms with E-state index in [1.54, 1.807) is 18.2 Å². The quantitative estimate of drug-likeness (QED) is 0.576. The molecule has 0 N–H and O–H groups in total. The highest BCUT2D eigenvalue weighted by molar-refractivity contribution is 6.31. The van der Waals surface area contributed by atoms with Crippen molar-refractivity contribution < 1.29 is 9.15 Å². The van der Waals surface area contributed by atoms with Crippen LogP contribution in [0.1, 0.15) is 19.3 Å². The standard InChI is InChI=1S/C21H17ClO3/c22-15-11-12-18-17(13-15)19(23)21(24-16-9-5-2-6-10-16)20(25-18)14-7-3-1-4-8-14/h1,3-5,7-9,11-13,16H,2,6,10H2. The molecule has 0 radical (unpaired) electrons. The lowest BCUT2D eigenvalue weighted by Gasteiger charge is -2.20. The van der Waals surface area contributed by atoms with Gasteiger partial charge in [-0.1, -0.05) is 48.0 Å². The third kappa shape index (κ3) is 3.20. The average molecular weight is 353 g/mol. The summed E-state index contributed by atoms with van der Waals surface area (Å²) >= 11 is 6.06. The van der Waals surface area contributed by atoms with Gasteiger partial charge in [-0.3, -0.25) is 4.79 Å². The minimum Gasteiger partial charge on any atom is -0.479 e. The zero-order valence-corrected chi connectivity index (χ0v) is 14.3. The molecule has 1 aliphatic rings. The summed E-state index contributed by atoms with van der Waals surface area (Å²) in [5, 5.41) is 0.928. The third-order valence-corrected chi connectivity index (χ3v) is 4.56. The van der Waals surface area contributed by atoms with Gasteiger partial charge < -0.3 is 9.15 Å². The molecular formula is C21H17ClO3. The van der Waals surface area contributed by atoms with Gasteiger partial charge >= 0.3 is 0 Å². The Morgan fingerprint density at radius 1 is 1.12 bits per heavy atom. The number of halogens is 1. The number of fused-ring (bicyclic) bond motifs is 1. The highest BCUT2D eigenvalue weighted by atomic mass is 35.5. The first-order valence-corrected chi connectivity index (χ1v) is 8.75. The van der Waals surface area contributed by atoms with Crippen molar-refractivity contribution in [1.82, 2.24) is 0 Å². The SMILES string of the molecule is O=c1c(OC2C=CCCC2)c(-c2ccccc2)oc2ccc(Cl)cc12. The molecule has 3 aromatic rings. The topological polar surface area (TPSA) is 39.4 Å². The van der Waals surface area contributed by atoms with E-state index in [2.05, 4.69) is 6.08 Å². The number of benzene rings is 2. The summed E-state index contributed by atoms with van der Waals surface area (Å²) in [6.07, 6.45) is 6.98. The van der Waals surface area contributed by atoms with Gasteiger partial charge in [0.2, 0.25) is 11.2 Å². The monoisotopic (exact) mass is 352 g/mol. The molecule has 0 bridgehead atoms. The summed E-state index contributed by atoms with van der Waals surface area (Å²) in [7, 11) is 0. The molecule has 0 amide bonds. The second kappa shape index (κ2) is 6.77. The van der Waals surface area contributed by atoms with E-state index < -0.39 is 0 Å². The molecule has 126 valence electrons. The summed E-state index contributed by atoms with van der Waals surface area (Å²) < 4.78 is 12.1. The molecule has 25 heavy (non-hydrogen) atoms. The van der Waals surface area contributed by atoms with E-state index in [0.29, 0.717) is 21.8 Å². The summed E-state index contributed by atoms with van der Waals surface area (Å²) in [6, 6.07) is 14.6. The highest BCUT2D eigenvalue weighted by Crippen LogP contribution is 2.33. The molecule has 0 saturated heterocycles. The Hall–Kier alpha value is -2.52. The van der Waals surface area contributed by atoms with Crippen LogP contribution in [-0.4, -0.2) is 6.10 Å². The van der Waals surface area contributed by atoms with Crippen LogP contribution >= 0.6 is 11.6 Å². The van der Waals surface area contributed by atoms with Crippen molar-refractivity contribution >= 4 is 22.6 Å². The van der Waals surface area contributed by atoms with E-state index in [4.69, 9.17) is 20.8 Å². The van der Waals surface area contributed by atoms with Gasteiger partial charge in [-0.25, -0.2) is 0 Å². The molecule has 0 saturated carbocycles. The van der Waals surface area contributed by atoms with Gasteiger partial charge in [-0.2, -0.15) is 0 Å². The fraction of sp³-hybridized carbons (Fsp3) is 0.190. The Kier molecular flexibility index (Phi) is 4.33. The molecule has 4 heteroatoms. The number of rotatable bonds is 3. The molecule has 1 aliphatic carbocycles. The van der Waals surface area contributed by atoms with E-state index >= 15 is 0 Å². The highest BCUT2D eigenvalue weighted by Gasteiger charge is 2.21. The molecule has 4 rings (SSSR count). The Bertz CT molecular complexity index is 989. The normalized spacial score (nSPS) is 16.9. The van der Waals surface area contributed by atoms with Gasteiger partial charge in [0.15, 0.2) is 5.76 Å². The maximum Gasteiger partial charge on any atom is 0.235 e. The van der Waals surface area contributed by atoms with Crippen molar-refractivity contribution in [3.8, 4) is 17.1 Å². The first-order valence-electron chi connectivity index (χ1n) is 8.37. The minimum atomic E-state index is -0.193. The van der Waals surface area contributed by atoms with E-state index in [0.717, 1.165) is 24.8 Å². The Morgan fingerprint density at radius 2 is 1.96 bits per heavy atom. The van der Waals surface area contributed by atoms with Gasteiger partial charge in [-0.05, 0) is 43.5 Å². The third-order valence-electron chi connectivity index (χ3n) is 4.33. The van der Waals surface area contributed by atoms with Crippen LogP contribution in [0, 0.1) is 0 Å². The van der Waals surface area contributed by atoms with Crippen molar-refractivity contribution in [2.24, 2.45) is 0 Å². The molecule has 0 spiro atoms. The Balaban J connectivity index is 1.93. The van der Waals surface area contributed by atoms with Crippen LogP contribution in [0.15, 0.2) is 69.9 Å². The van der Waals surface area contributed by atoms with E-state index in [-0.39, 0.29) is 17.3 Å². The van der Waals surface area contributed by atoms with Crippen molar-refractivity contribution in [1.29, 1.82) is 0 Å². The van der Waals surface area contributed by atoms with Crippen molar-refractivity contribution in [2.45, 2.75) is 25.4 Å². The van der Waals surface area contributed by atoms with E-state index in [9.17, 15) is 4.79 Å². The average Bonchev–Trinajstić information content (AvgIpc) is 2.66. The summed E-state index contributed by atoms with van der Waals surface area (Å²) in [6.45, 7) is 0. The van der Waals surface area contributed by atoms with Crippen LogP contribution in [0.5, 0.6) is 5.75 Å². The molecule has 2 aromatic carbocycles. The lowest BCUT2D eigenvalue weighted by molar-refractivity contribution is 0.225. The molecule has 3 nitrogen and oxygen atoms in total. The maximum atomic E-state index is 13.1. The molecule has 1 heterocycles. The molecule has 0 aliphatic heterocycles. The lowest BCUT2D eigenvalue weighted by Crippen LogP contribution is -2.20. The van der Waals surface area contributed by atoms with Crippen LogP contribution in [0.3, 0.4) is 0 Å². The molecule has 1 atom stereocenters. The predicted molar refractivity (Wildman–Crippen MR) is 100 cm³/mol. The zero-order valence-electron chi connectivity index (χ0n) is 13.6. The number of ether oxygens (including phenoxy) is 1. The predicted octanol–water partition coefficient (Wildman–Crippen LogP) is 5.60. The van der Waals surface area contributed by atoms with Crippen LogP contribution in [0.25, 0.3) is 22.3 Å². The minimum absolute atomic E-state index is 0.115. The molecule has 1 unspecified atom stereocenters. The van der Waals surface area contributed by atoms with Crippen molar-refractivity contribution in [2.75, 3.05) is 0 Å². The smallest absolute Gasteiger partial charge is 0.235 e. The second-order valence-electron chi connectivity index (χ2n) is 6.11. The summed E-state index contributed by atoms with van der Waals surface area (Å²) in [5.74, 6) is 0.705. The largest absolute Gasteiger partial charge is 0.479 e. The van der Waals surface area contributed by atoms with Crippen LogP contribution < -0.4 is 10.2 Å². The first kappa shape index (κ1) is 16.0. The number of hydrogen-bond donors (Lipinski definition) is 0. The molecular weight excluding hydrogens is 336 g/mol. The van der Waals surface area contributed by atoms with E-state index in [1.807, 2.05) is 36.4 Å². The van der Waals surface area contributed by atoms with Crippen molar-refractivity contribution in [3.05, 3.63) is 75.9 Å². The zero-order chi connectivity index (χ0) is 17.2. The van der Waals surface area contributed by atoms with Gasteiger partial charge in [0.1, 0.15) is 11.7 Å². The lowest BCUT2D eigenvalue weighted by atomic mass is 10.0. The van der Waals surface area contributed by atoms with Crippen LogP contribution in [-0.2, 0) is 0 Å². The van der Waals surface area contributed by atoms with Gasteiger partial charge in [-0.15, -0.1) is 0 Å². The fourth-order valence-corrected chi connectivity index (χ4v) is 3.24. The van der Waals surface area contributed by atoms with Gasteiger partial charge in [0.25, 0.3) is 0 Å².